The quantitative estimate of drug-likeness (QED) is 0.862. The number of benzene rings is 1. The van der Waals surface area contributed by atoms with E-state index in [1.54, 1.807) is 7.11 Å². The second-order valence-electron chi connectivity index (χ2n) is 4.58. The molecule has 0 aliphatic carbocycles. The van der Waals surface area contributed by atoms with Crippen LogP contribution in [-0.2, 0) is 11.3 Å². The van der Waals surface area contributed by atoms with Crippen LogP contribution in [0.5, 0.6) is 5.75 Å². The van der Waals surface area contributed by atoms with E-state index in [2.05, 4.69) is 10.3 Å². The summed E-state index contributed by atoms with van der Waals surface area (Å²) < 4.78 is 7.24. The monoisotopic (exact) mass is 295 g/mol. The van der Waals surface area contributed by atoms with E-state index in [9.17, 15) is 4.79 Å². The van der Waals surface area contributed by atoms with Crippen LogP contribution in [0.4, 0.5) is 0 Å². The van der Waals surface area contributed by atoms with Gasteiger partial charge in [-0.05, 0) is 19.1 Å². The fourth-order valence-electron chi connectivity index (χ4n) is 2.14. The molecule has 0 spiro atoms. The largest absolute Gasteiger partial charge is 0.497 e. The second-order valence-corrected chi connectivity index (χ2v) is 5.23. The standard InChI is InChI=1S/C14H18ClN3O2/c1-9(15)14-17-12-8-11(20-3)4-5-13(12)18(14)7-6-16-10(2)19/h4-5,8-9H,6-7H2,1-3H3,(H,16,19). The lowest BCUT2D eigenvalue weighted by Crippen LogP contribution is -2.25. The molecule has 0 radical (unpaired) electrons. The van der Waals surface area contributed by atoms with Gasteiger partial charge in [-0.25, -0.2) is 4.98 Å². The fourth-order valence-corrected chi connectivity index (χ4v) is 2.30. The first-order valence-corrected chi connectivity index (χ1v) is 6.89. The topological polar surface area (TPSA) is 56.1 Å². The first-order chi connectivity index (χ1) is 9.52. The zero-order chi connectivity index (χ0) is 14.7. The maximum atomic E-state index is 11.0. The first-order valence-electron chi connectivity index (χ1n) is 6.45. The number of carbonyl (C=O) groups is 1. The summed E-state index contributed by atoms with van der Waals surface area (Å²) in [4.78, 5) is 15.5. The number of hydrogen-bond donors (Lipinski definition) is 1. The summed E-state index contributed by atoms with van der Waals surface area (Å²) in [6.07, 6.45) is 0. The minimum atomic E-state index is -0.203. The third-order valence-corrected chi connectivity index (χ3v) is 3.25. The van der Waals surface area contributed by atoms with E-state index >= 15 is 0 Å². The highest BCUT2D eigenvalue weighted by Gasteiger charge is 2.15. The highest BCUT2D eigenvalue weighted by Crippen LogP contribution is 2.26. The van der Waals surface area contributed by atoms with Gasteiger partial charge in [0.15, 0.2) is 0 Å². The van der Waals surface area contributed by atoms with Crippen LogP contribution in [0.2, 0.25) is 0 Å². The smallest absolute Gasteiger partial charge is 0.216 e. The lowest BCUT2D eigenvalue weighted by atomic mass is 10.3. The van der Waals surface area contributed by atoms with E-state index in [4.69, 9.17) is 16.3 Å². The third-order valence-electron chi connectivity index (χ3n) is 3.05. The van der Waals surface area contributed by atoms with Gasteiger partial charge in [0, 0.05) is 26.1 Å². The second kappa shape index (κ2) is 6.13. The van der Waals surface area contributed by atoms with E-state index in [1.165, 1.54) is 6.92 Å². The number of imidazole rings is 1. The zero-order valence-electron chi connectivity index (χ0n) is 11.8. The van der Waals surface area contributed by atoms with Crippen molar-refractivity contribution in [2.24, 2.45) is 0 Å². The van der Waals surface area contributed by atoms with Crippen molar-refractivity contribution in [3.63, 3.8) is 0 Å². The molecule has 1 amide bonds. The molecule has 6 heteroatoms. The Morgan fingerprint density at radius 3 is 2.90 bits per heavy atom. The molecule has 1 heterocycles. The third kappa shape index (κ3) is 3.04. The van der Waals surface area contributed by atoms with Gasteiger partial charge in [-0.2, -0.15) is 0 Å². The summed E-state index contributed by atoms with van der Waals surface area (Å²) in [6.45, 7) is 4.56. The predicted octanol–water partition coefficient (Wildman–Crippen LogP) is 2.48. The van der Waals surface area contributed by atoms with Crippen molar-refractivity contribution in [1.29, 1.82) is 0 Å². The molecule has 1 N–H and O–H groups in total. The maximum absolute atomic E-state index is 11.0. The van der Waals surface area contributed by atoms with E-state index in [0.717, 1.165) is 22.6 Å². The van der Waals surface area contributed by atoms with Crippen molar-refractivity contribution in [3.05, 3.63) is 24.0 Å². The highest BCUT2D eigenvalue weighted by molar-refractivity contribution is 6.20. The van der Waals surface area contributed by atoms with Gasteiger partial charge in [-0.1, -0.05) is 0 Å². The van der Waals surface area contributed by atoms with Crippen LogP contribution in [0.25, 0.3) is 11.0 Å². The average Bonchev–Trinajstić information content (AvgIpc) is 2.76. The molecule has 20 heavy (non-hydrogen) atoms. The summed E-state index contributed by atoms with van der Waals surface area (Å²) in [7, 11) is 1.63. The molecule has 0 bridgehead atoms. The molecule has 0 aliphatic heterocycles. The van der Waals surface area contributed by atoms with Crippen LogP contribution in [0.15, 0.2) is 18.2 Å². The first kappa shape index (κ1) is 14.7. The molecular formula is C14H18ClN3O2. The Kier molecular flexibility index (Phi) is 4.49. The molecule has 1 atom stereocenters. The summed E-state index contributed by atoms with van der Waals surface area (Å²) in [5.74, 6) is 1.51. The Hall–Kier alpha value is -1.75. The van der Waals surface area contributed by atoms with Crippen molar-refractivity contribution in [2.75, 3.05) is 13.7 Å². The average molecular weight is 296 g/mol. The maximum Gasteiger partial charge on any atom is 0.216 e. The van der Waals surface area contributed by atoms with Gasteiger partial charge in [0.05, 0.1) is 23.5 Å². The number of nitrogens with one attached hydrogen (secondary N) is 1. The Morgan fingerprint density at radius 1 is 1.55 bits per heavy atom. The van der Waals surface area contributed by atoms with Crippen LogP contribution in [-0.4, -0.2) is 29.1 Å². The molecule has 2 aromatic rings. The van der Waals surface area contributed by atoms with Gasteiger partial charge in [0.25, 0.3) is 0 Å². The van der Waals surface area contributed by atoms with Crippen molar-refractivity contribution in [2.45, 2.75) is 25.8 Å². The van der Waals surface area contributed by atoms with Crippen molar-refractivity contribution >= 4 is 28.5 Å². The Balaban J connectivity index is 2.38. The number of hydrogen-bond acceptors (Lipinski definition) is 3. The lowest BCUT2D eigenvalue weighted by Gasteiger charge is -2.10. The summed E-state index contributed by atoms with van der Waals surface area (Å²) >= 11 is 6.19. The van der Waals surface area contributed by atoms with Crippen LogP contribution in [0.1, 0.15) is 25.0 Å². The van der Waals surface area contributed by atoms with Crippen LogP contribution < -0.4 is 10.1 Å². The Bertz CT molecular complexity index is 622. The number of halogens is 1. The highest BCUT2D eigenvalue weighted by atomic mass is 35.5. The predicted molar refractivity (Wildman–Crippen MR) is 79.2 cm³/mol. The number of aromatic nitrogens is 2. The number of rotatable bonds is 5. The van der Waals surface area contributed by atoms with E-state index in [-0.39, 0.29) is 11.3 Å². The minimum Gasteiger partial charge on any atom is -0.497 e. The van der Waals surface area contributed by atoms with Gasteiger partial charge in [0.1, 0.15) is 11.6 Å². The van der Waals surface area contributed by atoms with E-state index < -0.39 is 0 Å². The molecule has 0 fully saturated rings. The Morgan fingerprint density at radius 2 is 2.30 bits per heavy atom. The molecule has 5 nitrogen and oxygen atoms in total. The Labute approximate surface area is 122 Å². The number of carbonyl (C=O) groups excluding carboxylic acids is 1. The van der Waals surface area contributed by atoms with Crippen molar-refractivity contribution in [1.82, 2.24) is 14.9 Å². The molecular weight excluding hydrogens is 278 g/mol. The number of methoxy groups -OCH3 is 1. The van der Waals surface area contributed by atoms with Gasteiger partial charge in [0.2, 0.25) is 5.91 Å². The molecule has 0 saturated carbocycles. The van der Waals surface area contributed by atoms with E-state index in [0.29, 0.717) is 13.1 Å². The van der Waals surface area contributed by atoms with Crippen molar-refractivity contribution < 1.29 is 9.53 Å². The SMILES string of the molecule is COc1ccc2c(c1)nc(C(C)Cl)n2CCNC(C)=O. The minimum absolute atomic E-state index is 0.0448. The zero-order valence-corrected chi connectivity index (χ0v) is 12.6. The molecule has 1 aromatic heterocycles. The van der Waals surface area contributed by atoms with Crippen LogP contribution in [0, 0.1) is 0 Å². The van der Waals surface area contributed by atoms with Gasteiger partial charge < -0.3 is 14.6 Å². The van der Waals surface area contributed by atoms with Crippen molar-refractivity contribution in [3.8, 4) is 5.75 Å². The van der Waals surface area contributed by atoms with Crippen LogP contribution >= 0.6 is 11.6 Å². The number of amides is 1. The molecule has 0 aliphatic rings. The number of nitrogens with zero attached hydrogens (tertiary/aromatic N) is 2. The summed E-state index contributed by atoms with van der Waals surface area (Å²) in [5, 5.41) is 2.58. The normalized spacial score (nSPS) is 12.4. The molecule has 108 valence electrons. The number of alkyl halides is 1. The molecule has 0 saturated heterocycles. The van der Waals surface area contributed by atoms with E-state index in [1.807, 2.05) is 29.7 Å². The lowest BCUT2D eigenvalue weighted by molar-refractivity contribution is -0.118. The molecule has 1 unspecified atom stereocenters. The number of ether oxygens (including phenoxy) is 1. The van der Waals surface area contributed by atoms with Gasteiger partial charge in [-0.15, -0.1) is 11.6 Å². The number of fused-ring (bicyclic) bond motifs is 1. The summed E-state index contributed by atoms with van der Waals surface area (Å²) in [5.41, 5.74) is 1.83. The van der Waals surface area contributed by atoms with Crippen LogP contribution in [0.3, 0.4) is 0 Å². The van der Waals surface area contributed by atoms with Gasteiger partial charge in [-0.3, -0.25) is 4.79 Å². The fraction of sp³-hybridized carbons (Fsp3) is 0.429. The molecule has 1 aromatic carbocycles. The van der Waals surface area contributed by atoms with Gasteiger partial charge >= 0.3 is 0 Å². The summed E-state index contributed by atoms with van der Waals surface area (Å²) in [6, 6.07) is 5.73. The molecule has 2 rings (SSSR count).